The molecular formula is C14H20N4OS. The number of likely N-dealkylation sites (tertiary alicyclic amines) is 1. The van der Waals surface area contributed by atoms with Gasteiger partial charge in [-0.1, -0.05) is 6.07 Å². The zero-order chi connectivity index (χ0) is 14.4. The summed E-state index contributed by atoms with van der Waals surface area (Å²) < 4.78 is 0. The standard InChI is InChI=1S/C14H20N4OS/c1-11(13-6-2-3-7-15-13)16-17-14(20)18-8-4-5-12(9-18)10-19/h2-3,6-7,12,19H,4-5,8-10H2,1H3,(H,17,20)/b16-11+. The van der Waals surface area contributed by atoms with Crippen LogP contribution in [0.25, 0.3) is 0 Å². The van der Waals surface area contributed by atoms with Crippen molar-refractivity contribution in [3.63, 3.8) is 0 Å². The van der Waals surface area contributed by atoms with E-state index in [-0.39, 0.29) is 6.61 Å². The van der Waals surface area contributed by atoms with Crippen LogP contribution in [-0.4, -0.2) is 45.5 Å². The minimum absolute atomic E-state index is 0.218. The molecule has 1 fully saturated rings. The minimum Gasteiger partial charge on any atom is -0.396 e. The van der Waals surface area contributed by atoms with Crippen molar-refractivity contribution >= 4 is 23.0 Å². The van der Waals surface area contributed by atoms with E-state index in [1.807, 2.05) is 25.1 Å². The third kappa shape index (κ3) is 3.98. The van der Waals surface area contributed by atoms with E-state index < -0.39 is 0 Å². The molecule has 1 aliphatic rings. The lowest BCUT2D eigenvalue weighted by atomic mass is 10.00. The van der Waals surface area contributed by atoms with Crippen LogP contribution in [0, 0.1) is 5.92 Å². The lowest BCUT2D eigenvalue weighted by Crippen LogP contribution is -2.44. The first kappa shape index (κ1) is 14.9. The molecule has 108 valence electrons. The van der Waals surface area contributed by atoms with Crippen LogP contribution in [0.2, 0.25) is 0 Å². The average molecular weight is 292 g/mol. The highest BCUT2D eigenvalue weighted by Crippen LogP contribution is 2.15. The van der Waals surface area contributed by atoms with Crippen LogP contribution in [0.3, 0.4) is 0 Å². The average Bonchev–Trinajstić information content (AvgIpc) is 2.53. The molecule has 0 aromatic carbocycles. The van der Waals surface area contributed by atoms with Crippen LogP contribution in [0.15, 0.2) is 29.5 Å². The van der Waals surface area contributed by atoms with Gasteiger partial charge in [0.25, 0.3) is 0 Å². The smallest absolute Gasteiger partial charge is 0.189 e. The molecule has 1 atom stereocenters. The SMILES string of the molecule is C/C(=N\NC(=S)N1CCCC(CO)C1)c1ccccn1. The van der Waals surface area contributed by atoms with Gasteiger partial charge in [0.15, 0.2) is 5.11 Å². The zero-order valence-electron chi connectivity index (χ0n) is 11.6. The number of nitrogens with one attached hydrogen (secondary N) is 1. The Hall–Kier alpha value is -1.53. The molecule has 0 spiro atoms. The predicted molar refractivity (Wildman–Crippen MR) is 83.6 cm³/mol. The highest BCUT2D eigenvalue weighted by molar-refractivity contribution is 7.80. The maximum Gasteiger partial charge on any atom is 0.189 e. The van der Waals surface area contributed by atoms with E-state index >= 15 is 0 Å². The third-order valence-electron chi connectivity index (χ3n) is 3.42. The molecule has 0 saturated carbocycles. The summed E-state index contributed by atoms with van der Waals surface area (Å²) in [4.78, 5) is 6.30. The van der Waals surface area contributed by atoms with Gasteiger partial charge in [-0.3, -0.25) is 10.4 Å². The number of pyridine rings is 1. The van der Waals surface area contributed by atoms with E-state index in [0.29, 0.717) is 11.0 Å². The maximum absolute atomic E-state index is 9.23. The summed E-state index contributed by atoms with van der Waals surface area (Å²) in [5, 5.41) is 14.1. The van der Waals surface area contributed by atoms with Crippen LogP contribution in [-0.2, 0) is 0 Å². The van der Waals surface area contributed by atoms with Crippen molar-refractivity contribution in [2.45, 2.75) is 19.8 Å². The molecular weight excluding hydrogens is 272 g/mol. The molecule has 5 nitrogen and oxygen atoms in total. The minimum atomic E-state index is 0.218. The Kier molecular flexibility index (Phi) is 5.43. The highest BCUT2D eigenvalue weighted by atomic mass is 32.1. The van der Waals surface area contributed by atoms with Crippen LogP contribution >= 0.6 is 12.2 Å². The van der Waals surface area contributed by atoms with Gasteiger partial charge in [-0.25, -0.2) is 0 Å². The Morgan fingerprint density at radius 3 is 3.15 bits per heavy atom. The summed E-state index contributed by atoms with van der Waals surface area (Å²) in [5.74, 6) is 0.310. The van der Waals surface area contributed by atoms with Crippen molar-refractivity contribution in [3.8, 4) is 0 Å². The fourth-order valence-electron chi connectivity index (χ4n) is 2.23. The number of hydrogen-bond acceptors (Lipinski definition) is 4. The van der Waals surface area contributed by atoms with Crippen LogP contribution in [0.5, 0.6) is 0 Å². The summed E-state index contributed by atoms with van der Waals surface area (Å²) in [6.45, 7) is 3.82. The molecule has 20 heavy (non-hydrogen) atoms. The zero-order valence-corrected chi connectivity index (χ0v) is 12.4. The first-order valence-electron chi connectivity index (χ1n) is 6.82. The second kappa shape index (κ2) is 7.31. The third-order valence-corrected chi connectivity index (χ3v) is 3.77. The molecule has 1 saturated heterocycles. The van der Waals surface area contributed by atoms with Gasteiger partial charge in [0.2, 0.25) is 0 Å². The maximum atomic E-state index is 9.23. The van der Waals surface area contributed by atoms with Gasteiger partial charge in [0, 0.05) is 25.9 Å². The van der Waals surface area contributed by atoms with Crippen molar-refractivity contribution in [2.75, 3.05) is 19.7 Å². The molecule has 1 aromatic rings. The number of aliphatic hydroxyl groups is 1. The lowest BCUT2D eigenvalue weighted by molar-refractivity contribution is 0.160. The first-order valence-corrected chi connectivity index (χ1v) is 7.23. The number of aromatic nitrogens is 1. The molecule has 0 bridgehead atoms. The van der Waals surface area contributed by atoms with Gasteiger partial charge in [-0.05, 0) is 50.0 Å². The van der Waals surface area contributed by atoms with Crippen molar-refractivity contribution in [2.24, 2.45) is 11.0 Å². The molecule has 1 aromatic heterocycles. The Morgan fingerprint density at radius 1 is 1.60 bits per heavy atom. The quantitative estimate of drug-likeness (QED) is 0.501. The van der Waals surface area contributed by atoms with Gasteiger partial charge < -0.3 is 10.0 Å². The van der Waals surface area contributed by atoms with E-state index in [2.05, 4.69) is 20.4 Å². The van der Waals surface area contributed by atoms with E-state index in [9.17, 15) is 5.11 Å². The Balaban J connectivity index is 1.91. The van der Waals surface area contributed by atoms with E-state index in [0.717, 1.165) is 37.3 Å². The van der Waals surface area contributed by atoms with E-state index in [1.165, 1.54) is 0 Å². The summed E-state index contributed by atoms with van der Waals surface area (Å²) in [6.07, 6.45) is 3.85. The number of aliphatic hydroxyl groups excluding tert-OH is 1. The fourth-order valence-corrected chi connectivity index (χ4v) is 2.45. The number of rotatable bonds is 3. The molecule has 6 heteroatoms. The molecule has 2 rings (SSSR count). The first-order chi connectivity index (χ1) is 9.70. The molecule has 2 N–H and O–H groups in total. The predicted octanol–water partition coefficient (Wildman–Crippen LogP) is 1.38. The van der Waals surface area contributed by atoms with Gasteiger partial charge >= 0.3 is 0 Å². The number of hydrazone groups is 1. The topological polar surface area (TPSA) is 60.8 Å². The fraction of sp³-hybridized carbons (Fsp3) is 0.500. The van der Waals surface area contributed by atoms with Gasteiger partial charge in [-0.15, -0.1) is 0 Å². The van der Waals surface area contributed by atoms with Crippen LogP contribution < -0.4 is 5.43 Å². The van der Waals surface area contributed by atoms with Gasteiger partial charge in [0.1, 0.15) is 0 Å². The van der Waals surface area contributed by atoms with E-state index in [1.54, 1.807) is 6.20 Å². The van der Waals surface area contributed by atoms with Crippen molar-refractivity contribution in [1.29, 1.82) is 0 Å². The number of thiocarbonyl (C=S) groups is 1. The Labute approximate surface area is 124 Å². The molecule has 0 aliphatic carbocycles. The second-order valence-electron chi connectivity index (χ2n) is 4.97. The number of piperidine rings is 1. The van der Waals surface area contributed by atoms with Crippen molar-refractivity contribution in [1.82, 2.24) is 15.3 Å². The molecule has 1 aliphatic heterocycles. The summed E-state index contributed by atoms with van der Waals surface area (Å²) in [5.41, 5.74) is 4.54. The van der Waals surface area contributed by atoms with Gasteiger partial charge in [0.05, 0.1) is 11.4 Å². The number of nitrogens with zero attached hydrogens (tertiary/aromatic N) is 3. The summed E-state index contributed by atoms with van der Waals surface area (Å²) in [7, 11) is 0. The number of hydrogen-bond donors (Lipinski definition) is 2. The monoisotopic (exact) mass is 292 g/mol. The van der Waals surface area contributed by atoms with Gasteiger partial charge in [-0.2, -0.15) is 5.10 Å². The van der Waals surface area contributed by atoms with E-state index in [4.69, 9.17) is 12.2 Å². The van der Waals surface area contributed by atoms with Crippen LogP contribution in [0.1, 0.15) is 25.5 Å². The molecule has 0 amide bonds. The normalized spacial score (nSPS) is 19.8. The largest absolute Gasteiger partial charge is 0.396 e. The second-order valence-corrected chi connectivity index (χ2v) is 5.35. The van der Waals surface area contributed by atoms with Crippen LogP contribution in [0.4, 0.5) is 0 Å². The van der Waals surface area contributed by atoms with Crippen molar-refractivity contribution < 1.29 is 5.11 Å². The molecule has 2 heterocycles. The Bertz CT molecular complexity index is 477. The lowest BCUT2D eigenvalue weighted by Gasteiger charge is -2.33. The molecule has 1 unspecified atom stereocenters. The Morgan fingerprint density at radius 2 is 2.45 bits per heavy atom. The summed E-state index contributed by atoms with van der Waals surface area (Å²) >= 11 is 5.35. The summed E-state index contributed by atoms with van der Waals surface area (Å²) in [6, 6.07) is 5.71. The van der Waals surface area contributed by atoms with Crippen molar-refractivity contribution in [3.05, 3.63) is 30.1 Å². The highest BCUT2D eigenvalue weighted by Gasteiger charge is 2.20. The molecule has 0 radical (unpaired) electrons.